The molecular weight excluding hydrogens is 461 g/mol. The molecule has 1 saturated carbocycles. The molecule has 0 atom stereocenters. The van der Waals surface area contributed by atoms with Crippen LogP contribution in [0.2, 0.25) is 0 Å². The molecule has 2 aromatic carbocycles. The fraction of sp³-hybridized carbons (Fsp3) is 0.250. The van der Waals surface area contributed by atoms with Crippen LogP contribution in [-0.4, -0.2) is 10.5 Å². The number of nitrogens with zero attached hydrogens (tertiary/aromatic N) is 1. The number of benzene rings is 2. The number of amides is 1. The number of carbonyl (C=O) groups excluding carboxylic acids is 1. The third kappa shape index (κ3) is 4.08. The smallest absolute Gasteiger partial charge is 0.341 e. The van der Waals surface area contributed by atoms with E-state index in [0.29, 0.717) is 22.5 Å². The normalized spacial score (nSPS) is 13.1. The number of aromatic nitrogens is 1. The molecule has 0 aliphatic heterocycles. The lowest BCUT2D eigenvalue weighted by Gasteiger charge is -2.19. The van der Waals surface area contributed by atoms with Gasteiger partial charge >= 0.3 is 5.63 Å². The minimum Gasteiger partial charge on any atom is -0.421 e. The molecule has 1 fully saturated rings. The Morgan fingerprint density at radius 3 is 2.50 bits per heavy atom. The van der Waals surface area contributed by atoms with Crippen LogP contribution >= 0.6 is 0 Å². The summed E-state index contributed by atoms with van der Waals surface area (Å²) in [7, 11) is 0. The molecule has 4 aromatic rings. The zero-order valence-electron chi connectivity index (χ0n) is 20.5. The lowest BCUT2D eigenvalue weighted by Crippen LogP contribution is -2.25. The maximum absolute atomic E-state index is 14.8. The predicted molar refractivity (Wildman–Crippen MR) is 139 cm³/mol. The van der Waals surface area contributed by atoms with Gasteiger partial charge in [-0.05, 0) is 69.0 Å². The molecular formula is C28H26FN3O4. The van der Waals surface area contributed by atoms with Crippen LogP contribution in [-0.2, 0) is 4.79 Å². The van der Waals surface area contributed by atoms with Crippen LogP contribution in [0.15, 0.2) is 56.5 Å². The minimum atomic E-state index is -0.625. The predicted octanol–water partition coefficient (Wildman–Crippen LogP) is 5.72. The lowest BCUT2D eigenvalue weighted by molar-refractivity contribution is -0.114. The summed E-state index contributed by atoms with van der Waals surface area (Å²) < 4.78 is 22.3. The van der Waals surface area contributed by atoms with Gasteiger partial charge in [-0.15, -0.1) is 0 Å². The summed E-state index contributed by atoms with van der Waals surface area (Å²) in [6.07, 6.45) is 1.73. The molecule has 0 saturated heterocycles. The van der Waals surface area contributed by atoms with Gasteiger partial charge in [0.15, 0.2) is 5.58 Å². The van der Waals surface area contributed by atoms with Gasteiger partial charge in [0.05, 0.1) is 16.9 Å². The highest BCUT2D eigenvalue weighted by Gasteiger charge is 2.31. The van der Waals surface area contributed by atoms with Crippen molar-refractivity contribution < 1.29 is 13.6 Å². The Kier molecular flexibility index (Phi) is 5.74. The number of carbonyl (C=O) groups is 1. The first kappa shape index (κ1) is 23.5. The molecule has 7 nitrogen and oxygen atoms in total. The first-order valence-electron chi connectivity index (χ1n) is 11.8. The van der Waals surface area contributed by atoms with Gasteiger partial charge in [0.2, 0.25) is 5.91 Å². The summed E-state index contributed by atoms with van der Waals surface area (Å²) in [6, 6.07) is 11.9. The Bertz CT molecular complexity index is 1660. The third-order valence-electron chi connectivity index (χ3n) is 6.50. The summed E-state index contributed by atoms with van der Waals surface area (Å²) in [5, 5.41) is 5.96. The van der Waals surface area contributed by atoms with Crippen molar-refractivity contribution in [3.8, 4) is 11.1 Å². The van der Waals surface area contributed by atoms with E-state index in [-0.39, 0.29) is 45.4 Å². The molecule has 2 aromatic heterocycles. The van der Waals surface area contributed by atoms with Crippen LogP contribution in [0, 0.1) is 26.6 Å². The van der Waals surface area contributed by atoms with Crippen molar-refractivity contribution in [3.05, 3.63) is 85.9 Å². The third-order valence-corrected chi connectivity index (χ3v) is 6.50. The average Bonchev–Trinajstić information content (AvgIpc) is 3.63. The number of fused-ring (bicyclic) bond motifs is 1. The molecule has 5 rings (SSSR count). The van der Waals surface area contributed by atoms with Crippen molar-refractivity contribution in [1.29, 1.82) is 0 Å². The summed E-state index contributed by atoms with van der Waals surface area (Å²) >= 11 is 0. The number of halogens is 1. The van der Waals surface area contributed by atoms with E-state index < -0.39 is 11.4 Å². The topological polar surface area (TPSA) is 93.3 Å². The van der Waals surface area contributed by atoms with E-state index in [1.54, 1.807) is 48.7 Å². The Morgan fingerprint density at radius 1 is 1.08 bits per heavy atom. The van der Waals surface area contributed by atoms with E-state index >= 15 is 0 Å². The van der Waals surface area contributed by atoms with Gasteiger partial charge in [-0.25, -0.2) is 9.18 Å². The second-order valence-corrected chi connectivity index (χ2v) is 9.33. The Labute approximate surface area is 206 Å². The molecule has 0 radical (unpaired) electrons. The first-order chi connectivity index (χ1) is 17.2. The zero-order valence-corrected chi connectivity index (χ0v) is 20.5. The van der Waals surface area contributed by atoms with Crippen LogP contribution in [0.3, 0.4) is 0 Å². The van der Waals surface area contributed by atoms with E-state index in [0.717, 1.165) is 18.4 Å². The van der Waals surface area contributed by atoms with Crippen molar-refractivity contribution in [1.82, 2.24) is 4.57 Å². The van der Waals surface area contributed by atoms with Crippen molar-refractivity contribution >= 4 is 33.9 Å². The number of hydrogen-bond donors (Lipinski definition) is 2. The van der Waals surface area contributed by atoms with Gasteiger partial charge in [-0.1, -0.05) is 18.2 Å². The summed E-state index contributed by atoms with van der Waals surface area (Å²) in [5.74, 6) is -0.709. The highest BCUT2D eigenvalue weighted by molar-refractivity contribution is 6.01. The summed E-state index contributed by atoms with van der Waals surface area (Å²) in [5.41, 5.74) is 3.01. The standard InChI is InChI=1S/C28H26FN3O4/c1-14-8-11-22(21(29)12-14)31-25-15(2)28(35)36-26-23(18-6-5-7-19(13-18)30-17(4)33)16(3)32(20-9-10-20)27(34)24(25)26/h5-8,11-13,20,31H,9-10H2,1-4H3,(H,30,33). The second kappa shape index (κ2) is 8.78. The lowest BCUT2D eigenvalue weighted by atomic mass is 9.99. The molecule has 2 heterocycles. The van der Waals surface area contributed by atoms with E-state index in [1.807, 2.05) is 13.0 Å². The Morgan fingerprint density at radius 2 is 1.83 bits per heavy atom. The van der Waals surface area contributed by atoms with Crippen LogP contribution in [0.25, 0.3) is 22.1 Å². The van der Waals surface area contributed by atoms with E-state index in [9.17, 15) is 18.8 Å². The fourth-order valence-corrected chi connectivity index (χ4v) is 4.64. The largest absolute Gasteiger partial charge is 0.421 e. The van der Waals surface area contributed by atoms with Gasteiger partial charge in [0.1, 0.15) is 11.2 Å². The van der Waals surface area contributed by atoms with E-state index in [4.69, 9.17) is 4.42 Å². The second-order valence-electron chi connectivity index (χ2n) is 9.33. The Hall–Kier alpha value is -4.20. The zero-order chi connectivity index (χ0) is 25.7. The molecule has 0 spiro atoms. The monoisotopic (exact) mass is 487 g/mol. The van der Waals surface area contributed by atoms with E-state index in [2.05, 4.69) is 10.6 Å². The number of hydrogen-bond acceptors (Lipinski definition) is 5. The molecule has 2 N–H and O–H groups in total. The molecule has 36 heavy (non-hydrogen) atoms. The molecule has 0 unspecified atom stereocenters. The number of anilines is 3. The fourth-order valence-electron chi connectivity index (χ4n) is 4.64. The maximum Gasteiger partial charge on any atom is 0.341 e. The number of rotatable bonds is 5. The SMILES string of the molecule is CC(=O)Nc1cccc(-c2c(C)n(C3CC3)c(=O)c3c(Nc4ccc(C)cc4F)c(C)c(=O)oc23)c1. The van der Waals surface area contributed by atoms with Crippen LogP contribution < -0.4 is 21.8 Å². The van der Waals surface area contributed by atoms with Gasteiger partial charge in [0, 0.05) is 29.9 Å². The van der Waals surface area contributed by atoms with Crippen LogP contribution in [0.5, 0.6) is 0 Å². The van der Waals surface area contributed by atoms with Gasteiger partial charge in [0.25, 0.3) is 5.56 Å². The molecule has 184 valence electrons. The van der Waals surface area contributed by atoms with Gasteiger partial charge in [-0.2, -0.15) is 0 Å². The molecule has 1 aliphatic carbocycles. The Balaban J connectivity index is 1.85. The van der Waals surface area contributed by atoms with Gasteiger partial charge < -0.3 is 19.6 Å². The van der Waals surface area contributed by atoms with Crippen LogP contribution in [0.4, 0.5) is 21.5 Å². The molecule has 1 aliphatic rings. The number of nitrogens with one attached hydrogen (secondary N) is 2. The number of pyridine rings is 1. The van der Waals surface area contributed by atoms with Gasteiger partial charge in [-0.3, -0.25) is 9.59 Å². The van der Waals surface area contributed by atoms with E-state index in [1.165, 1.54) is 13.0 Å². The summed E-state index contributed by atoms with van der Waals surface area (Å²) in [6.45, 7) is 6.58. The number of aryl methyl sites for hydroxylation is 1. The maximum atomic E-state index is 14.8. The molecule has 0 bridgehead atoms. The molecule has 1 amide bonds. The highest BCUT2D eigenvalue weighted by Crippen LogP contribution is 2.41. The summed E-state index contributed by atoms with van der Waals surface area (Å²) in [4.78, 5) is 38.4. The van der Waals surface area contributed by atoms with Crippen LogP contribution in [0.1, 0.15) is 42.6 Å². The van der Waals surface area contributed by atoms with Crippen molar-refractivity contribution in [2.24, 2.45) is 0 Å². The quantitative estimate of drug-likeness (QED) is 0.375. The molecule has 8 heteroatoms. The highest BCUT2D eigenvalue weighted by atomic mass is 19.1. The van der Waals surface area contributed by atoms with Crippen molar-refractivity contribution in [2.75, 3.05) is 10.6 Å². The van der Waals surface area contributed by atoms with Crippen molar-refractivity contribution in [3.63, 3.8) is 0 Å². The van der Waals surface area contributed by atoms with Crippen molar-refractivity contribution in [2.45, 2.75) is 46.6 Å². The average molecular weight is 488 g/mol. The first-order valence-corrected chi connectivity index (χ1v) is 11.8. The minimum absolute atomic E-state index is 0.0374.